The van der Waals surface area contributed by atoms with Crippen molar-refractivity contribution in [3.05, 3.63) is 94.1 Å². The zero-order valence-electron chi connectivity index (χ0n) is 23.1. The summed E-state index contributed by atoms with van der Waals surface area (Å²) < 4.78 is 0. The summed E-state index contributed by atoms with van der Waals surface area (Å²) in [5.41, 5.74) is 5.97. The molecule has 0 saturated carbocycles. The molecule has 0 bridgehead atoms. The van der Waals surface area contributed by atoms with E-state index >= 15 is 0 Å². The molecule has 214 valence electrons. The average Bonchev–Trinajstić information content (AvgIpc) is 2.99. The Bertz CT molecular complexity index is 1680. The summed E-state index contributed by atoms with van der Waals surface area (Å²) >= 11 is 6.10. The highest BCUT2D eigenvalue weighted by atomic mass is 35.5. The van der Waals surface area contributed by atoms with Crippen molar-refractivity contribution < 1.29 is 19.5 Å². The van der Waals surface area contributed by atoms with E-state index < -0.39 is 11.5 Å². The van der Waals surface area contributed by atoms with Crippen molar-refractivity contribution in [2.75, 3.05) is 13.1 Å². The lowest BCUT2D eigenvalue weighted by molar-refractivity contribution is -0.137. The Morgan fingerprint density at radius 2 is 1.71 bits per heavy atom. The number of likely N-dealkylation sites (tertiary alicyclic amines) is 1. The minimum atomic E-state index is -0.820. The Kier molecular flexibility index (Phi) is 7.64. The summed E-state index contributed by atoms with van der Waals surface area (Å²) in [7, 11) is 0. The molecule has 2 amide bonds. The smallest absolute Gasteiger partial charge is 0.303 e. The van der Waals surface area contributed by atoms with Gasteiger partial charge in [-0.1, -0.05) is 48.0 Å². The van der Waals surface area contributed by atoms with Crippen LogP contribution in [0.4, 0.5) is 0 Å². The van der Waals surface area contributed by atoms with Gasteiger partial charge in [-0.3, -0.25) is 14.4 Å². The number of aryl methyl sites for hydroxylation is 1. The lowest BCUT2D eigenvalue weighted by atomic mass is 9.75. The minimum absolute atomic E-state index is 0.0262. The molecule has 6 rings (SSSR count). The minimum Gasteiger partial charge on any atom is -0.481 e. The number of carboxylic acids is 1. The fourth-order valence-electron chi connectivity index (χ4n) is 6.17. The molecular formula is C33H31ClN4O4. The number of hydrogen-bond donors (Lipinski definition) is 2. The number of unbranched alkanes of at least 4 members (excludes halogenated alkanes) is 1. The van der Waals surface area contributed by atoms with Crippen molar-refractivity contribution in [3.8, 4) is 11.3 Å². The molecule has 3 heterocycles. The monoisotopic (exact) mass is 582 g/mol. The number of carbonyl (C=O) groups is 3. The molecule has 4 aromatic rings. The molecule has 2 aliphatic heterocycles. The third-order valence-corrected chi connectivity index (χ3v) is 8.57. The van der Waals surface area contributed by atoms with Gasteiger partial charge in [0.05, 0.1) is 34.4 Å². The SMILES string of the molecule is O=C(O)CCCCc1nc2cc(C(=O)N3CCC4(CC3)NC(=O)Cc3ccccc34)ccc2nc1-c1ccc(Cl)cc1. The van der Waals surface area contributed by atoms with E-state index in [1.807, 2.05) is 41.3 Å². The van der Waals surface area contributed by atoms with Gasteiger partial charge in [-0.25, -0.2) is 9.97 Å². The molecule has 3 aromatic carbocycles. The summed E-state index contributed by atoms with van der Waals surface area (Å²) in [6.45, 7) is 1.06. The lowest BCUT2D eigenvalue weighted by Gasteiger charge is -2.45. The van der Waals surface area contributed by atoms with Crippen LogP contribution in [-0.2, 0) is 28.0 Å². The molecule has 1 spiro atoms. The molecule has 9 heteroatoms. The standard InChI is InChI=1S/C33H31ClN4O4/c34-24-12-9-21(10-13-24)31-27(7-3-4-8-30(40)41)35-28-19-23(11-14-26(28)36-31)32(42)38-17-15-33(16-18-38)25-6-2-1-5-22(25)20-29(39)37-33/h1-2,5-6,9-14,19H,3-4,7-8,15-18,20H2,(H,37,39)(H,40,41). The van der Waals surface area contributed by atoms with Crippen LogP contribution in [0.5, 0.6) is 0 Å². The van der Waals surface area contributed by atoms with E-state index in [4.69, 9.17) is 26.7 Å². The van der Waals surface area contributed by atoms with Gasteiger partial charge in [0.1, 0.15) is 0 Å². The van der Waals surface area contributed by atoms with E-state index in [9.17, 15) is 14.4 Å². The van der Waals surface area contributed by atoms with Crippen LogP contribution >= 0.6 is 11.6 Å². The molecule has 0 radical (unpaired) electrons. The first-order valence-corrected chi connectivity index (χ1v) is 14.7. The summed E-state index contributed by atoms with van der Waals surface area (Å²) in [4.78, 5) is 48.8. The highest BCUT2D eigenvalue weighted by molar-refractivity contribution is 6.30. The van der Waals surface area contributed by atoms with Gasteiger partial charge in [0, 0.05) is 35.7 Å². The van der Waals surface area contributed by atoms with E-state index in [0.717, 1.165) is 28.1 Å². The number of nitrogens with zero attached hydrogens (tertiary/aromatic N) is 3. The number of fused-ring (bicyclic) bond motifs is 3. The molecule has 42 heavy (non-hydrogen) atoms. The van der Waals surface area contributed by atoms with Crippen LogP contribution in [0, 0.1) is 0 Å². The van der Waals surface area contributed by atoms with E-state index in [0.29, 0.717) is 73.2 Å². The number of carboxylic acid groups (broad SMARTS) is 1. The number of amides is 2. The summed E-state index contributed by atoms with van der Waals surface area (Å²) in [5.74, 6) is -0.869. The van der Waals surface area contributed by atoms with Gasteiger partial charge in [-0.05, 0) is 73.6 Å². The Hall–Kier alpha value is -4.30. The number of benzene rings is 3. The average molecular weight is 583 g/mol. The van der Waals surface area contributed by atoms with Crippen LogP contribution in [-0.4, -0.2) is 50.8 Å². The van der Waals surface area contributed by atoms with Crippen molar-refractivity contribution in [2.24, 2.45) is 0 Å². The van der Waals surface area contributed by atoms with Gasteiger partial charge in [0.2, 0.25) is 5.91 Å². The van der Waals surface area contributed by atoms with Gasteiger partial charge >= 0.3 is 5.97 Å². The van der Waals surface area contributed by atoms with Crippen molar-refractivity contribution in [3.63, 3.8) is 0 Å². The molecule has 0 atom stereocenters. The topological polar surface area (TPSA) is 112 Å². The van der Waals surface area contributed by atoms with E-state index in [1.54, 1.807) is 24.3 Å². The zero-order chi connectivity index (χ0) is 29.3. The molecule has 8 nitrogen and oxygen atoms in total. The Labute approximate surface area is 248 Å². The second-order valence-electron chi connectivity index (χ2n) is 11.1. The number of aliphatic carboxylic acids is 1. The fraction of sp³-hybridized carbons (Fsp3) is 0.303. The molecule has 2 aliphatic rings. The molecule has 1 fully saturated rings. The lowest BCUT2D eigenvalue weighted by Crippen LogP contribution is -2.56. The number of halogens is 1. The number of hydrogen-bond acceptors (Lipinski definition) is 5. The maximum atomic E-state index is 13.6. The van der Waals surface area contributed by atoms with Crippen LogP contribution in [0.25, 0.3) is 22.3 Å². The van der Waals surface area contributed by atoms with E-state index in [-0.39, 0.29) is 18.2 Å². The third kappa shape index (κ3) is 5.59. The molecule has 1 aromatic heterocycles. The van der Waals surface area contributed by atoms with Gasteiger partial charge in [-0.15, -0.1) is 0 Å². The van der Waals surface area contributed by atoms with Crippen LogP contribution in [0.1, 0.15) is 59.3 Å². The molecule has 2 N–H and O–H groups in total. The predicted molar refractivity (Wildman–Crippen MR) is 160 cm³/mol. The Morgan fingerprint density at radius 1 is 0.952 bits per heavy atom. The Morgan fingerprint density at radius 3 is 2.48 bits per heavy atom. The van der Waals surface area contributed by atoms with E-state index in [2.05, 4.69) is 11.4 Å². The van der Waals surface area contributed by atoms with Crippen LogP contribution in [0.2, 0.25) is 5.02 Å². The first-order valence-electron chi connectivity index (χ1n) is 14.3. The van der Waals surface area contributed by atoms with Gasteiger partial charge in [-0.2, -0.15) is 0 Å². The van der Waals surface area contributed by atoms with Gasteiger partial charge in [0.25, 0.3) is 5.91 Å². The predicted octanol–water partition coefficient (Wildman–Crippen LogP) is 5.55. The summed E-state index contributed by atoms with van der Waals surface area (Å²) in [6.07, 6.45) is 3.55. The van der Waals surface area contributed by atoms with Crippen molar-refractivity contribution in [2.45, 2.75) is 50.5 Å². The molecule has 0 unspecified atom stereocenters. The first kappa shape index (κ1) is 27.8. The Balaban J connectivity index is 1.24. The largest absolute Gasteiger partial charge is 0.481 e. The maximum absolute atomic E-state index is 13.6. The highest BCUT2D eigenvalue weighted by Gasteiger charge is 2.42. The summed E-state index contributed by atoms with van der Waals surface area (Å²) in [6, 6.07) is 20.9. The number of piperidine rings is 1. The maximum Gasteiger partial charge on any atom is 0.303 e. The molecular weight excluding hydrogens is 552 g/mol. The van der Waals surface area contributed by atoms with Gasteiger partial charge in [0.15, 0.2) is 0 Å². The van der Waals surface area contributed by atoms with Crippen LogP contribution in [0.3, 0.4) is 0 Å². The van der Waals surface area contributed by atoms with E-state index in [1.165, 1.54) is 0 Å². The van der Waals surface area contributed by atoms with Crippen LogP contribution in [0.15, 0.2) is 66.7 Å². The molecule has 1 saturated heterocycles. The summed E-state index contributed by atoms with van der Waals surface area (Å²) in [5, 5.41) is 12.9. The molecule has 0 aliphatic carbocycles. The van der Waals surface area contributed by atoms with Gasteiger partial charge < -0.3 is 15.3 Å². The van der Waals surface area contributed by atoms with Crippen molar-refractivity contribution >= 4 is 40.4 Å². The number of carbonyl (C=O) groups excluding carboxylic acids is 2. The second-order valence-corrected chi connectivity index (χ2v) is 11.5. The number of nitrogens with one attached hydrogen (secondary N) is 1. The van der Waals surface area contributed by atoms with Crippen molar-refractivity contribution in [1.82, 2.24) is 20.2 Å². The third-order valence-electron chi connectivity index (χ3n) is 8.32. The zero-order valence-corrected chi connectivity index (χ0v) is 23.9. The number of aromatic nitrogens is 2. The number of rotatable bonds is 7. The normalized spacial score (nSPS) is 15.8. The highest BCUT2D eigenvalue weighted by Crippen LogP contribution is 2.38. The van der Waals surface area contributed by atoms with Crippen molar-refractivity contribution in [1.29, 1.82) is 0 Å². The second kappa shape index (κ2) is 11.5. The first-order chi connectivity index (χ1) is 20.3. The fourth-order valence-corrected chi connectivity index (χ4v) is 6.29. The van der Waals surface area contributed by atoms with Crippen LogP contribution < -0.4 is 5.32 Å². The quantitative estimate of drug-likeness (QED) is 0.276.